The zero-order valence-corrected chi connectivity index (χ0v) is 12.5. The maximum absolute atomic E-state index is 12.2. The lowest BCUT2D eigenvalue weighted by atomic mass is 10.1. The predicted octanol–water partition coefficient (Wildman–Crippen LogP) is 1.95. The van der Waals surface area contributed by atoms with Crippen molar-refractivity contribution in [2.24, 2.45) is 5.92 Å². The van der Waals surface area contributed by atoms with Crippen LogP contribution in [0.5, 0.6) is 5.75 Å². The number of halogens is 1. The molecule has 0 bridgehead atoms. The Morgan fingerprint density at radius 2 is 2.37 bits per heavy atom. The van der Waals surface area contributed by atoms with Crippen LogP contribution in [0, 0.1) is 5.92 Å². The summed E-state index contributed by atoms with van der Waals surface area (Å²) in [5.74, 6) is 1.13. The quantitative estimate of drug-likeness (QED) is 0.840. The summed E-state index contributed by atoms with van der Waals surface area (Å²) in [5, 5.41) is 9.10. The molecule has 104 valence electrons. The highest BCUT2D eigenvalue weighted by Crippen LogP contribution is 2.26. The number of aliphatic hydroxyl groups excluding tert-OH is 1. The molecular weight excluding hydrogens is 310 g/mol. The summed E-state index contributed by atoms with van der Waals surface area (Å²) in [6.45, 7) is 2.31. The molecule has 0 aliphatic carbocycles. The van der Waals surface area contributed by atoms with Crippen LogP contribution in [0.4, 0.5) is 0 Å². The zero-order valence-electron chi connectivity index (χ0n) is 10.9. The molecule has 0 saturated carbocycles. The van der Waals surface area contributed by atoms with E-state index in [2.05, 4.69) is 20.8 Å². The second-order valence-corrected chi connectivity index (χ2v) is 5.70. The highest BCUT2D eigenvalue weighted by molar-refractivity contribution is 9.10. The Morgan fingerprint density at radius 1 is 1.58 bits per heavy atom. The van der Waals surface area contributed by atoms with Crippen molar-refractivity contribution in [3.63, 3.8) is 0 Å². The van der Waals surface area contributed by atoms with Crippen molar-refractivity contribution in [3.8, 4) is 5.75 Å². The average Bonchev–Trinajstić information content (AvgIpc) is 2.86. The molecule has 1 aromatic rings. The highest BCUT2D eigenvalue weighted by atomic mass is 79.9. The van der Waals surface area contributed by atoms with E-state index in [1.165, 1.54) is 0 Å². The van der Waals surface area contributed by atoms with Gasteiger partial charge >= 0.3 is 0 Å². The number of aliphatic hydroxyl groups is 1. The monoisotopic (exact) mass is 327 g/mol. The number of ether oxygens (including phenoxy) is 1. The Balaban J connectivity index is 1.98. The van der Waals surface area contributed by atoms with E-state index < -0.39 is 0 Å². The van der Waals surface area contributed by atoms with Gasteiger partial charge in [-0.3, -0.25) is 9.69 Å². The molecule has 1 heterocycles. The molecule has 1 aromatic carbocycles. The molecule has 19 heavy (non-hydrogen) atoms. The van der Waals surface area contributed by atoms with Crippen molar-refractivity contribution in [2.75, 3.05) is 33.4 Å². The Labute approximate surface area is 121 Å². The smallest absolute Gasteiger partial charge is 0.176 e. The van der Waals surface area contributed by atoms with Crippen LogP contribution in [-0.4, -0.2) is 49.1 Å². The third-order valence-corrected chi connectivity index (χ3v) is 4.09. The molecule has 1 N–H and O–H groups in total. The molecule has 1 aliphatic heterocycles. The second kappa shape index (κ2) is 6.50. The maximum Gasteiger partial charge on any atom is 0.176 e. The molecule has 1 aliphatic rings. The van der Waals surface area contributed by atoms with Gasteiger partial charge in [0, 0.05) is 18.7 Å². The fraction of sp³-hybridized carbons (Fsp3) is 0.500. The molecule has 5 heteroatoms. The lowest BCUT2D eigenvalue weighted by Gasteiger charge is -2.14. The minimum Gasteiger partial charge on any atom is -0.496 e. The van der Waals surface area contributed by atoms with Gasteiger partial charge in [-0.2, -0.15) is 0 Å². The first kappa shape index (κ1) is 14.5. The summed E-state index contributed by atoms with van der Waals surface area (Å²) in [6, 6.07) is 5.37. The van der Waals surface area contributed by atoms with Crippen LogP contribution in [-0.2, 0) is 0 Å². The maximum atomic E-state index is 12.2. The second-order valence-electron chi connectivity index (χ2n) is 4.84. The van der Waals surface area contributed by atoms with E-state index >= 15 is 0 Å². The fourth-order valence-corrected chi connectivity index (χ4v) is 2.88. The van der Waals surface area contributed by atoms with Gasteiger partial charge in [0.05, 0.1) is 18.1 Å². The minimum atomic E-state index is 0.0990. The largest absolute Gasteiger partial charge is 0.496 e. The van der Waals surface area contributed by atoms with Gasteiger partial charge in [-0.15, -0.1) is 0 Å². The van der Waals surface area contributed by atoms with Gasteiger partial charge in [0.1, 0.15) is 5.75 Å². The van der Waals surface area contributed by atoms with E-state index in [0.29, 0.717) is 18.0 Å². The van der Waals surface area contributed by atoms with Gasteiger partial charge in [0.25, 0.3) is 0 Å². The first-order valence-corrected chi connectivity index (χ1v) is 7.13. The fourth-order valence-electron chi connectivity index (χ4n) is 2.34. The minimum absolute atomic E-state index is 0.0990. The molecule has 4 nitrogen and oxygen atoms in total. The molecule has 0 radical (unpaired) electrons. The average molecular weight is 328 g/mol. The lowest BCUT2D eigenvalue weighted by Crippen LogP contribution is -2.28. The number of hydrogen-bond acceptors (Lipinski definition) is 4. The first-order valence-electron chi connectivity index (χ1n) is 6.34. The Hall–Kier alpha value is -0.910. The van der Waals surface area contributed by atoms with Gasteiger partial charge in [-0.05, 0) is 53.0 Å². The number of benzene rings is 1. The van der Waals surface area contributed by atoms with Gasteiger partial charge in [0.2, 0.25) is 0 Å². The number of hydrogen-bond donors (Lipinski definition) is 1. The van der Waals surface area contributed by atoms with Gasteiger partial charge < -0.3 is 9.84 Å². The highest BCUT2D eigenvalue weighted by Gasteiger charge is 2.23. The number of methoxy groups -OCH3 is 1. The van der Waals surface area contributed by atoms with Crippen molar-refractivity contribution < 1.29 is 14.6 Å². The van der Waals surface area contributed by atoms with Crippen molar-refractivity contribution in [2.45, 2.75) is 6.42 Å². The van der Waals surface area contributed by atoms with E-state index in [9.17, 15) is 4.79 Å². The summed E-state index contributed by atoms with van der Waals surface area (Å²) in [7, 11) is 1.60. The van der Waals surface area contributed by atoms with Crippen LogP contribution in [0.2, 0.25) is 0 Å². The van der Waals surface area contributed by atoms with Crippen molar-refractivity contribution in [3.05, 3.63) is 28.2 Å². The number of nitrogens with zero attached hydrogens (tertiary/aromatic N) is 1. The predicted molar refractivity (Wildman–Crippen MR) is 76.7 cm³/mol. The zero-order chi connectivity index (χ0) is 13.8. The normalized spacial score (nSPS) is 19.6. The van der Waals surface area contributed by atoms with E-state index in [1.54, 1.807) is 25.3 Å². The molecule has 1 unspecified atom stereocenters. The molecular formula is C14H18BrNO3. The van der Waals surface area contributed by atoms with Gasteiger partial charge in [-0.1, -0.05) is 0 Å². The molecule has 2 rings (SSSR count). The summed E-state index contributed by atoms with van der Waals surface area (Å²) < 4.78 is 5.93. The molecule has 0 aromatic heterocycles. The van der Waals surface area contributed by atoms with Crippen molar-refractivity contribution in [1.82, 2.24) is 4.90 Å². The molecule has 0 spiro atoms. The van der Waals surface area contributed by atoms with Crippen LogP contribution in [0.3, 0.4) is 0 Å². The van der Waals surface area contributed by atoms with Crippen LogP contribution < -0.4 is 4.74 Å². The van der Waals surface area contributed by atoms with E-state index in [0.717, 1.165) is 29.7 Å². The Morgan fingerprint density at radius 3 is 2.95 bits per heavy atom. The van der Waals surface area contributed by atoms with Gasteiger partial charge in [0.15, 0.2) is 5.78 Å². The van der Waals surface area contributed by atoms with Crippen molar-refractivity contribution in [1.29, 1.82) is 0 Å². The summed E-state index contributed by atoms with van der Waals surface area (Å²) in [4.78, 5) is 14.3. The van der Waals surface area contributed by atoms with Crippen molar-refractivity contribution >= 4 is 21.7 Å². The van der Waals surface area contributed by atoms with Crippen LogP contribution in [0.15, 0.2) is 22.7 Å². The third kappa shape index (κ3) is 3.55. The van der Waals surface area contributed by atoms with Crippen LogP contribution in [0.1, 0.15) is 16.8 Å². The van der Waals surface area contributed by atoms with E-state index in [4.69, 9.17) is 9.84 Å². The topological polar surface area (TPSA) is 49.8 Å². The number of carbonyl (C=O) groups is 1. The van der Waals surface area contributed by atoms with E-state index in [-0.39, 0.29) is 12.4 Å². The molecule has 1 fully saturated rings. The SMILES string of the molecule is COc1ccc(C(=O)CN2CCC(CO)C2)cc1Br. The summed E-state index contributed by atoms with van der Waals surface area (Å²) >= 11 is 3.39. The number of Topliss-reactive ketones (excluding diaryl/α,β-unsaturated/α-hetero) is 1. The molecule has 1 saturated heterocycles. The Kier molecular flexibility index (Phi) is 4.96. The molecule has 0 amide bonds. The number of likely N-dealkylation sites (tertiary alicyclic amines) is 1. The molecule has 1 atom stereocenters. The lowest BCUT2D eigenvalue weighted by molar-refractivity contribution is 0.0940. The number of ketones is 1. The standard InChI is InChI=1S/C14H18BrNO3/c1-19-14-3-2-11(6-12(14)15)13(18)8-16-5-4-10(7-16)9-17/h2-3,6,10,17H,4-5,7-9H2,1H3. The Bertz CT molecular complexity index is 464. The number of rotatable bonds is 5. The third-order valence-electron chi connectivity index (χ3n) is 3.47. The number of carbonyl (C=O) groups excluding carboxylic acids is 1. The summed E-state index contributed by atoms with van der Waals surface area (Å²) in [6.07, 6.45) is 0.968. The van der Waals surface area contributed by atoms with Gasteiger partial charge in [-0.25, -0.2) is 0 Å². The first-order chi connectivity index (χ1) is 9.13. The summed E-state index contributed by atoms with van der Waals surface area (Å²) in [5.41, 5.74) is 0.681. The van der Waals surface area contributed by atoms with Crippen LogP contribution in [0.25, 0.3) is 0 Å². The van der Waals surface area contributed by atoms with Crippen LogP contribution >= 0.6 is 15.9 Å². The van der Waals surface area contributed by atoms with E-state index in [1.807, 2.05) is 0 Å².